The van der Waals surface area contributed by atoms with Crippen LogP contribution in [0.3, 0.4) is 0 Å². The lowest BCUT2D eigenvalue weighted by Gasteiger charge is -2.37. The Morgan fingerprint density at radius 2 is 1.57 bits per heavy atom. The maximum Gasteiger partial charge on any atom is 0.127 e. The van der Waals surface area contributed by atoms with Gasteiger partial charge in [0.2, 0.25) is 0 Å². The van der Waals surface area contributed by atoms with Crippen molar-refractivity contribution >= 4 is 0 Å². The van der Waals surface area contributed by atoms with E-state index in [1.165, 1.54) is 57.7 Å². The summed E-state index contributed by atoms with van der Waals surface area (Å²) in [6, 6.07) is 7.91. The third-order valence-corrected chi connectivity index (χ3v) is 5.38. The van der Waals surface area contributed by atoms with Gasteiger partial charge in [-0.2, -0.15) is 0 Å². The van der Waals surface area contributed by atoms with Gasteiger partial charge < -0.3 is 14.7 Å². The van der Waals surface area contributed by atoms with E-state index in [2.05, 4.69) is 7.05 Å². The van der Waals surface area contributed by atoms with Crippen molar-refractivity contribution in [1.29, 1.82) is 0 Å². The molecule has 0 amide bonds. The summed E-state index contributed by atoms with van der Waals surface area (Å²) in [5.74, 6) is -0.131. The molecular weight excluding hydrogens is 265 g/mol. The topological polar surface area (TPSA) is 13.3 Å². The fourth-order valence-corrected chi connectivity index (χ4v) is 3.91. The first-order valence-corrected chi connectivity index (χ1v) is 8.44. The number of quaternary nitrogens is 3. The number of rotatable bonds is 3. The molecule has 21 heavy (non-hydrogen) atoms. The number of halogens is 1. The molecule has 1 aromatic carbocycles. The monoisotopic (exact) mass is 294 g/mol. The molecule has 2 fully saturated rings. The predicted octanol–water partition coefficient (Wildman–Crippen LogP) is -2.21. The number of nitrogens with one attached hydrogen (secondary N) is 3. The molecule has 0 bridgehead atoms. The molecule has 0 spiro atoms. The van der Waals surface area contributed by atoms with Crippen molar-refractivity contribution in [2.24, 2.45) is 0 Å². The highest BCUT2D eigenvalue weighted by Crippen LogP contribution is 2.02. The zero-order valence-corrected chi connectivity index (χ0v) is 13.1. The Bertz CT molecular complexity index is 432. The van der Waals surface area contributed by atoms with E-state index in [1.807, 2.05) is 17.0 Å². The number of piperazine rings is 1. The van der Waals surface area contributed by atoms with Crippen LogP contribution in [0.2, 0.25) is 0 Å². The van der Waals surface area contributed by atoms with Gasteiger partial charge in [0.15, 0.2) is 0 Å². The van der Waals surface area contributed by atoms with E-state index in [9.17, 15) is 4.39 Å². The van der Waals surface area contributed by atoms with Gasteiger partial charge in [0.25, 0.3) is 0 Å². The van der Waals surface area contributed by atoms with Gasteiger partial charge >= 0.3 is 0 Å². The summed E-state index contributed by atoms with van der Waals surface area (Å²) in [6.45, 7) is 8.96. The Hall–Kier alpha value is -0.970. The van der Waals surface area contributed by atoms with Crippen LogP contribution in [-0.2, 0) is 6.54 Å². The smallest absolute Gasteiger partial charge is 0.127 e. The summed E-state index contributed by atoms with van der Waals surface area (Å²) in [7, 11) is 2.31. The fourth-order valence-electron chi connectivity index (χ4n) is 3.91. The van der Waals surface area contributed by atoms with Crippen molar-refractivity contribution in [1.82, 2.24) is 0 Å². The minimum atomic E-state index is -0.131. The average Bonchev–Trinajstić information content (AvgIpc) is 2.51. The lowest BCUT2D eigenvalue weighted by atomic mass is 10.0. The summed E-state index contributed by atoms with van der Waals surface area (Å²) in [4.78, 5) is 5.21. The summed E-state index contributed by atoms with van der Waals surface area (Å²) in [5, 5.41) is 0. The number of hydrogen-bond acceptors (Lipinski definition) is 0. The minimum absolute atomic E-state index is 0.131. The van der Waals surface area contributed by atoms with Gasteiger partial charge in [0.1, 0.15) is 38.5 Å². The second-order valence-electron chi connectivity index (χ2n) is 6.94. The third-order valence-electron chi connectivity index (χ3n) is 5.38. The SMILES string of the molecule is C[NH+]1CC[NH+](C2CC[NH+](Cc3ccc(F)cc3)CC2)CC1. The molecule has 2 saturated heterocycles. The van der Waals surface area contributed by atoms with E-state index in [4.69, 9.17) is 0 Å². The van der Waals surface area contributed by atoms with Crippen LogP contribution in [0.5, 0.6) is 0 Å². The normalized spacial score (nSPS) is 33.8. The Morgan fingerprint density at radius 1 is 0.952 bits per heavy atom. The van der Waals surface area contributed by atoms with Crippen LogP contribution >= 0.6 is 0 Å². The van der Waals surface area contributed by atoms with Crippen molar-refractivity contribution in [3.8, 4) is 0 Å². The number of hydrogen-bond donors (Lipinski definition) is 3. The number of likely N-dealkylation sites (tertiary alicyclic amines) is 1. The van der Waals surface area contributed by atoms with Crippen molar-refractivity contribution < 1.29 is 19.1 Å². The third kappa shape index (κ3) is 4.02. The molecule has 116 valence electrons. The Balaban J connectivity index is 1.45. The highest BCUT2D eigenvalue weighted by Gasteiger charge is 2.32. The van der Waals surface area contributed by atoms with Crippen LogP contribution in [0.4, 0.5) is 4.39 Å². The highest BCUT2D eigenvalue weighted by atomic mass is 19.1. The van der Waals surface area contributed by atoms with E-state index in [1.54, 1.807) is 21.9 Å². The number of likely N-dealkylation sites (N-methyl/N-ethyl adjacent to an activating group) is 1. The standard InChI is InChI=1S/C17H26FN3/c1-19-10-12-21(13-11-19)17-6-8-20(9-7-17)14-15-2-4-16(18)5-3-15/h2-5,17H,6-14H2,1H3/p+3. The minimum Gasteiger partial charge on any atom is -0.331 e. The van der Waals surface area contributed by atoms with Gasteiger partial charge in [-0.05, 0) is 12.1 Å². The number of piperidine rings is 1. The molecular formula is C17H29FN3+3. The maximum atomic E-state index is 12.9. The predicted molar refractivity (Wildman–Crippen MR) is 81.1 cm³/mol. The maximum absolute atomic E-state index is 12.9. The van der Waals surface area contributed by atoms with Gasteiger partial charge in [-0.1, -0.05) is 12.1 Å². The molecule has 0 radical (unpaired) electrons. The zero-order chi connectivity index (χ0) is 14.7. The first kappa shape index (κ1) is 14.9. The van der Waals surface area contributed by atoms with Crippen LogP contribution in [0.15, 0.2) is 24.3 Å². The lowest BCUT2D eigenvalue weighted by molar-refractivity contribution is -1.02. The molecule has 3 N–H and O–H groups in total. The molecule has 0 saturated carbocycles. The first-order chi connectivity index (χ1) is 10.2. The van der Waals surface area contributed by atoms with Crippen molar-refractivity contribution in [3.05, 3.63) is 35.6 Å². The molecule has 0 unspecified atom stereocenters. The van der Waals surface area contributed by atoms with Crippen molar-refractivity contribution in [2.75, 3.05) is 46.3 Å². The molecule has 2 aliphatic heterocycles. The Labute approximate surface area is 127 Å². The second-order valence-corrected chi connectivity index (χ2v) is 6.94. The zero-order valence-electron chi connectivity index (χ0n) is 13.1. The van der Waals surface area contributed by atoms with E-state index >= 15 is 0 Å². The van der Waals surface area contributed by atoms with Gasteiger partial charge in [0, 0.05) is 18.4 Å². The molecule has 3 nitrogen and oxygen atoms in total. The van der Waals surface area contributed by atoms with Crippen LogP contribution in [0.1, 0.15) is 18.4 Å². The summed E-state index contributed by atoms with van der Waals surface area (Å²) < 4.78 is 12.9. The van der Waals surface area contributed by atoms with Crippen LogP contribution in [-0.4, -0.2) is 52.4 Å². The molecule has 3 rings (SSSR count). The second kappa shape index (κ2) is 6.86. The highest BCUT2D eigenvalue weighted by molar-refractivity contribution is 5.14. The molecule has 2 heterocycles. The molecule has 2 aliphatic rings. The number of benzene rings is 1. The largest absolute Gasteiger partial charge is 0.331 e. The summed E-state index contributed by atoms with van der Waals surface area (Å²) in [6.07, 6.45) is 2.70. The van der Waals surface area contributed by atoms with Gasteiger partial charge in [-0.3, -0.25) is 0 Å². The van der Waals surface area contributed by atoms with Crippen molar-refractivity contribution in [3.63, 3.8) is 0 Å². The molecule has 0 atom stereocenters. The van der Waals surface area contributed by atoms with Crippen LogP contribution < -0.4 is 14.7 Å². The van der Waals surface area contributed by atoms with Gasteiger partial charge in [0.05, 0.1) is 26.2 Å². The summed E-state index contributed by atoms with van der Waals surface area (Å²) in [5.41, 5.74) is 1.26. The molecule has 1 aromatic rings. The average molecular weight is 294 g/mol. The van der Waals surface area contributed by atoms with E-state index < -0.39 is 0 Å². The van der Waals surface area contributed by atoms with Crippen molar-refractivity contribution in [2.45, 2.75) is 25.4 Å². The fraction of sp³-hybridized carbons (Fsp3) is 0.647. The van der Waals surface area contributed by atoms with Crippen LogP contribution in [0, 0.1) is 5.82 Å². The van der Waals surface area contributed by atoms with E-state index in [0.717, 1.165) is 12.6 Å². The van der Waals surface area contributed by atoms with Gasteiger partial charge in [-0.25, -0.2) is 4.39 Å². The quantitative estimate of drug-likeness (QED) is 0.559. The first-order valence-electron chi connectivity index (χ1n) is 8.44. The van der Waals surface area contributed by atoms with Crippen LogP contribution in [0.25, 0.3) is 0 Å². The van der Waals surface area contributed by atoms with Gasteiger partial charge in [-0.15, -0.1) is 0 Å². The Morgan fingerprint density at radius 3 is 2.19 bits per heavy atom. The Kier molecular flexibility index (Phi) is 4.88. The molecule has 0 aliphatic carbocycles. The van der Waals surface area contributed by atoms with E-state index in [0.29, 0.717) is 0 Å². The summed E-state index contributed by atoms with van der Waals surface area (Å²) >= 11 is 0. The molecule has 4 heteroatoms. The molecule has 0 aromatic heterocycles. The lowest BCUT2D eigenvalue weighted by Crippen LogP contribution is -3.29. The van der Waals surface area contributed by atoms with E-state index in [-0.39, 0.29) is 5.82 Å².